The van der Waals surface area contributed by atoms with Crippen LogP contribution < -0.4 is 5.32 Å². The molecule has 0 aromatic heterocycles. The topological polar surface area (TPSA) is 41.6 Å². The van der Waals surface area contributed by atoms with Crippen LogP contribution in [0.3, 0.4) is 0 Å². The fourth-order valence-electron chi connectivity index (χ4n) is 4.47. The first-order valence-electron chi connectivity index (χ1n) is 10.5. The third kappa shape index (κ3) is 6.80. The predicted octanol–water partition coefficient (Wildman–Crippen LogP) is 4.97. The van der Waals surface area contributed by atoms with Crippen LogP contribution in [0, 0.1) is 11.3 Å². The molecule has 0 aromatic carbocycles. The minimum absolute atomic E-state index is 0.146. The van der Waals surface area contributed by atoms with Gasteiger partial charge in [-0.25, -0.2) is 4.79 Å². The average molecular weight is 353 g/mol. The lowest BCUT2D eigenvalue weighted by atomic mass is 9.74. The summed E-state index contributed by atoms with van der Waals surface area (Å²) in [5, 5.41) is 3.80. The van der Waals surface area contributed by atoms with Crippen LogP contribution in [0.25, 0.3) is 0 Å². The molecule has 2 rings (SSSR count). The fourth-order valence-corrected chi connectivity index (χ4v) is 4.47. The van der Waals surface area contributed by atoms with E-state index in [4.69, 9.17) is 4.74 Å². The van der Waals surface area contributed by atoms with Gasteiger partial charge in [0.1, 0.15) is 5.60 Å². The van der Waals surface area contributed by atoms with E-state index in [1.807, 2.05) is 25.7 Å². The smallest absolute Gasteiger partial charge is 0.410 e. The molecule has 1 N–H and O–H groups in total. The van der Waals surface area contributed by atoms with Gasteiger partial charge in [-0.2, -0.15) is 0 Å². The lowest BCUT2D eigenvalue weighted by molar-refractivity contribution is 0.00867. The maximum absolute atomic E-state index is 12.3. The maximum atomic E-state index is 12.3. The second kappa shape index (κ2) is 9.25. The standard InChI is InChI=1S/C21H40N2O2/c1-5-11-21(17-22-16-18-9-7-6-8-10-18)12-14-23(15-13-21)19(24)25-20(2,3)4/h18,22H,5-17H2,1-4H3. The number of hydrogen-bond acceptors (Lipinski definition) is 3. The molecular formula is C21H40N2O2. The molecule has 4 heteroatoms. The Labute approximate surface area is 155 Å². The molecule has 0 radical (unpaired) electrons. The first kappa shape index (κ1) is 20.5. The highest BCUT2D eigenvalue weighted by Crippen LogP contribution is 2.36. The van der Waals surface area contributed by atoms with Crippen molar-refractivity contribution < 1.29 is 9.53 Å². The summed E-state index contributed by atoms with van der Waals surface area (Å²) >= 11 is 0. The summed E-state index contributed by atoms with van der Waals surface area (Å²) in [6.45, 7) is 12.0. The number of nitrogens with zero attached hydrogens (tertiary/aromatic N) is 1. The van der Waals surface area contributed by atoms with Gasteiger partial charge in [-0.1, -0.05) is 32.6 Å². The number of rotatable bonds is 6. The fraction of sp³-hybridized carbons (Fsp3) is 0.952. The van der Waals surface area contributed by atoms with Crippen LogP contribution in [-0.2, 0) is 4.74 Å². The van der Waals surface area contributed by atoms with E-state index < -0.39 is 5.60 Å². The average Bonchev–Trinajstić information content (AvgIpc) is 2.55. The Morgan fingerprint density at radius 1 is 1.16 bits per heavy atom. The van der Waals surface area contributed by atoms with Crippen molar-refractivity contribution in [2.24, 2.45) is 11.3 Å². The second-order valence-electron chi connectivity index (χ2n) is 9.35. The molecule has 1 amide bonds. The molecular weight excluding hydrogens is 312 g/mol. The first-order valence-corrected chi connectivity index (χ1v) is 10.5. The van der Waals surface area contributed by atoms with Crippen molar-refractivity contribution in [2.75, 3.05) is 26.2 Å². The quantitative estimate of drug-likeness (QED) is 0.733. The van der Waals surface area contributed by atoms with Gasteiger partial charge in [-0.3, -0.25) is 0 Å². The van der Waals surface area contributed by atoms with Crippen LogP contribution in [0.4, 0.5) is 4.79 Å². The summed E-state index contributed by atoms with van der Waals surface area (Å²) in [7, 11) is 0. The van der Waals surface area contributed by atoms with Gasteiger partial charge in [0.2, 0.25) is 0 Å². The van der Waals surface area contributed by atoms with Gasteiger partial charge in [0.25, 0.3) is 0 Å². The largest absolute Gasteiger partial charge is 0.444 e. The third-order valence-electron chi connectivity index (χ3n) is 5.91. The van der Waals surface area contributed by atoms with Crippen LogP contribution in [-0.4, -0.2) is 42.8 Å². The monoisotopic (exact) mass is 352 g/mol. The molecule has 0 bridgehead atoms. The molecule has 0 atom stereocenters. The van der Waals surface area contributed by atoms with Crippen molar-refractivity contribution in [3.05, 3.63) is 0 Å². The molecule has 1 aliphatic heterocycles. The van der Waals surface area contributed by atoms with Gasteiger partial charge in [-0.05, 0) is 70.8 Å². The Balaban J connectivity index is 1.79. The Morgan fingerprint density at radius 2 is 1.80 bits per heavy atom. The van der Waals surface area contributed by atoms with E-state index in [-0.39, 0.29) is 6.09 Å². The molecule has 2 aliphatic rings. The molecule has 0 spiro atoms. The Morgan fingerprint density at radius 3 is 2.36 bits per heavy atom. The zero-order chi connectivity index (χ0) is 18.3. The van der Waals surface area contributed by atoms with Crippen molar-refractivity contribution in [3.63, 3.8) is 0 Å². The van der Waals surface area contributed by atoms with E-state index in [0.29, 0.717) is 5.41 Å². The first-order chi connectivity index (χ1) is 11.8. The summed E-state index contributed by atoms with van der Waals surface area (Å²) in [4.78, 5) is 14.2. The molecule has 2 fully saturated rings. The number of carbonyl (C=O) groups excluding carboxylic acids is 1. The number of ether oxygens (including phenoxy) is 1. The van der Waals surface area contributed by atoms with Gasteiger partial charge in [0.15, 0.2) is 0 Å². The molecule has 146 valence electrons. The third-order valence-corrected chi connectivity index (χ3v) is 5.91. The van der Waals surface area contributed by atoms with E-state index in [2.05, 4.69) is 12.2 Å². The Kier molecular flexibility index (Phi) is 7.60. The number of carbonyl (C=O) groups is 1. The second-order valence-corrected chi connectivity index (χ2v) is 9.35. The van der Waals surface area contributed by atoms with Gasteiger partial charge < -0.3 is 15.0 Å². The molecule has 1 saturated carbocycles. The number of piperidine rings is 1. The molecule has 4 nitrogen and oxygen atoms in total. The van der Waals surface area contributed by atoms with E-state index >= 15 is 0 Å². The van der Waals surface area contributed by atoms with Crippen molar-refractivity contribution >= 4 is 6.09 Å². The van der Waals surface area contributed by atoms with Gasteiger partial charge in [0, 0.05) is 19.6 Å². The molecule has 1 heterocycles. The molecule has 0 unspecified atom stereocenters. The highest BCUT2D eigenvalue weighted by molar-refractivity contribution is 5.68. The molecule has 1 aliphatic carbocycles. The lowest BCUT2D eigenvalue weighted by Crippen LogP contribution is -2.48. The Bertz CT molecular complexity index is 403. The van der Waals surface area contributed by atoms with Crippen molar-refractivity contribution in [1.82, 2.24) is 10.2 Å². The SMILES string of the molecule is CCCC1(CNCC2CCCCC2)CCN(C(=O)OC(C)(C)C)CC1. The Hall–Kier alpha value is -0.770. The van der Waals surface area contributed by atoms with Crippen molar-refractivity contribution in [2.45, 2.75) is 91.1 Å². The molecule has 25 heavy (non-hydrogen) atoms. The predicted molar refractivity (Wildman–Crippen MR) is 104 cm³/mol. The normalized spacial score (nSPS) is 22.0. The van der Waals surface area contributed by atoms with Gasteiger partial charge >= 0.3 is 6.09 Å². The summed E-state index contributed by atoms with van der Waals surface area (Å²) in [5.41, 5.74) is -0.0431. The molecule has 0 aromatic rings. The number of amides is 1. The molecule has 1 saturated heterocycles. The number of likely N-dealkylation sites (tertiary alicyclic amines) is 1. The van der Waals surface area contributed by atoms with Crippen LogP contribution in [0.15, 0.2) is 0 Å². The van der Waals surface area contributed by atoms with Crippen LogP contribution >= 0.6 is 0 Å². The highest BCUT2D eigenvalue weighted by Gasteiger charge is 2.36. The van der Waals surface area contributed by atoms with E-state index in [1.165, 1.54) is 51.5 Å². The lowest BCUT2D eigenvalue weighted by Gasteiger charge is -2.42. The van der Waals surface area contributed by atoms with Crippen LogP contribution in [0.5, 0.6) is 0 Å². The van der Waals surface area contributed by atoms with Gasteiger partial charge in [0.05, 0.1) is 0 Å². The maximum Gasteiger partial charge on any atom is 0.410 e. The summed E-state index contributed by atoms with van der Waals surface area (Å²) < 4.78 is 5.54. The van der Waals surface area contributed by atoms with Gasteiger partial charge in [-0.15, -0.1) is 0 Å². The zero-order valence-corrected chi connectivity index (χ0v) is 17.0. The summed E-state index contributed by atoms with van der Waals surface area (Å²) in [5.74, 6) is 0.884. The zero-order valence-electron chi connectivity index (χ0n) is 17.0. The van der Waals surface area contributed by atoms with E-state index in [1.54, 1.807) is 0 Å². The van der Waals surface area contributed by atoms with E-state index in [0.717, 1.165) is 38.4 Å². The van der Waals surface area contributed by atoms with Crippen molar-refractivity contribution in [3.8, 4) is 0 Å². The summed E-state index contributed by atoms with van der Waals surface area (Å²) in [6.07, 6.45) is 11.6. The number of hydrogen-bond donors (Lipinski definition) is 1. The number of nitrogens with one attached hydrogen (secondary N) is 1. The minimum atomic E-state index is -0.406. The highest BCUT2D eigenvalue weighted by atomic mass is 16.6. The minimum Gasteiger partial charge on any atom is -0.444 e. The van der Waals surface area contributed by atoms with Crippen LogP contribution in [0.2, 0.25) is 0 Å². The van der Waals surface area contributed by atoms with Crippen LogP contribution in [0.1, 0.15) is 85.5 Å². The summed E-state index contributed by atoms with van der Waals surface area (Å²) in [6, 6.07) is 0. The van der Waals surface area contributed by atoms with Crippen molar-refractivity contribution in [1.29, 1.82) is 0 Å². The van der Waals surface area contributed by atoms with E-state index in [9.17, 15) is 4.79 Å².